The van der Waals surface area contributed by atoms with Crippen molar-refractivity contribution in [2.75, 3.05) is 46.1 Å². The minimum Gasteiger partial charge on any atom is -0.493 e. The molecule has 0 aromatic heterocycles. The summed E-state index contributed by atoms with van der Waals surface area (Å²) >= 11 is 0. The smallest absolute Gasteiger partial charge is 0.341 e. The molecule has 1 aromatic carbocycles. The van der Waals surface area contributed by atoms with E-state index in [9.17, 15) is 4.79 Å². The van der Waals surface area contributed by atoms with Crippen LogP contribution in [0.25, 0.3) is 0 Å². The third kappa shape index (κ3) is 5.83. The summed E-state index contributed by atoms with van der Waals surface area (Å²) in [5, 5.41) is 0. The highest BCUT2D eigenvalue weighted by Crippen LogP contribution is 2.19. The van der Waals surface area contributed by atoms with Gasteiger partial charge in [0, 0.05) is 19.6 Å². The number of carbonyl (C=O) groups is 1. The van der Waals surface area contributed by atoms with Gasteiger partial charge in [0.2, 0.25) is 0 Å². The van der Waals surface area contributed by atoms with E-state index in [0.717, 1.165) is 39.3 Å². The zero-order chi connectivity index (χ0) is 14.9. The van der Waals surface area contributed by atoms with Crippen LogP contribution < -0.4 is 4.74 Å². The van der Waals surface area contributed by atoms with E-state index < -0.39 is 0 Å². The molecule has 6 heteroatoms. The molecular formula is C16H24ClNO4. The molecule has 0 unspecified atom stereocenters. The molecule has 0 N–H and O–H groups in total. The molecule has 0 saturated carbocycles. The van der Waals surface area contributed by atoms with Gasteiger partial charge < -0.3 is 14.2 Å². The molecule has 0 aliphatic carbocycles. The van der Waals surface area contributed by atoms with Crippen LogP contribution in [0.1, 0.15) is 23.7 Å². The lowest BCUT2D eigenvalue weighted by Gasteiger charge is -2.26. The molecule has 1 saturated heterocycles. The molecule has 0 radical (unpaired) electrons. The predicted octanol–water partition coefficient (Wildman–Crippen LogP) is 2.39. The van der Waals surface area contributed by atoms with Crippen molar-refractivity contribution in [1.82, 2.24) is 4.90 Å². The number of hydrogen-bond acceptors (Lipinski definition) is 5. The monoisotopic (exact) mass is 329 g/mol. The van der Waals surface area contributed by atoms with Crippen molar-refractivity contribution >= 4 is 18.4 Å². The van der Waals surface area contributed by atoms with E-state index in [-0.39, 0.29) is 18.4 Å². The summed E-state index contributed by atoms with van der Waals surface area (Å²) in [7, 11) is 0. The third-order valence-corrected chi connectivity index (χ3v) is 3.36. The Morgan fingerprint density at radius 2 is 2.00 bits per heavy atom. The zero-order valence-electron chi connectivity index (χ0n) is 13.0. The van der Waals surface area contributed by atoms with Crippen LogP contribution in [0.3, 0.4) is 0 Å². The van der Waals surface area contributed by atoms with E-state index in [4.69, 9.17) is 14.2 Å². The van der Waals surface area contributed by atoms with Crippen LogP contribution in [-0.2, 0) is 9.47 Å². The van der Waals surface area contributed by atoms with Gasteiger partial charge in [-0.1, -0.05) is 12.1 Å². The number of benzene rings is 1. The molecule has 0 spiro atoms. The third-order valence-electron chi connectivity index (χ3n) is 3.36. The number of hydrogen-bond donors (Lipinski definition) is 0. The van der Waals surface area contributed by atoms with E-state index in [2.05, 4.69) is 4.90 Å². The van der Waals surface area contributed by atoms with Crippen LogP contribution in [-0.4, -0.2) is 56.9 Å². The second kappa shape index (κ2) is 10.4. The Kier molecular flexibility index (Phi) is 8.89. The van der Waals surface area contributed by atoms with Crippen molar-refractivity contribution in [2.24, 2.45) is 0 Å². The Morgan fingerprint density at radius 3 is 2.73 bits per heavy atom. The molecule has 124 valence electrons. The van der Waals surface area contributed by atoms with Crippen LogP contribution >= 0.6 is 12.4 Å². The Hall–Kier alpha value is -1.30. The predicted molar refractivity (Wildman–Crippen MR) is 87.0 cm³/mol. The van der Waals surface area contributed by atoms with E-state index in [1.54, 1.807) is 19.1 Å². The van der Waals surface area contributed by atoms with Crippen molar-refractivity contribution in [1.29, 1.82) is 0 Å². The van der Waals surface area contributed by atoms with Crippen molar-refractivity contribution in [2.45, 2.75) is 13.3 Å². The average molecular weight is 330 g/mol. The van der Waals surface area contributed by atoms with Gasteiger partial charge in [0.25, 0.3) is 0 Å². The summed E-state index contributed by atoms with van der Waals surface area (Å²) in [6.45, 7) is 7.34. The Bertz CT molecular complexity index is 450. The summed E-state index contributed by atoms with van der Waals surface area (Å²) in [4.78, 5) is 14.2. The molecule has 22 heavy (non-hydrogen) atoms. The van der Waals surface area contributed by atoms with Crippen molar-refractivity contribution in [3.8, 4) is 5.75 Å². The van der Waals surface area contributed by atoms with Gasteiger partial charge in [-0.25, -0.2) is 4.79 Å². The van der Waals surface area contributed by atoms with Gasteiger partial charge in [0.15, 0.2) is 0 Å². The number of para-hydroxylation sites is 1. The molecule has 1 fully saturated rings. The number of ether oxygens (including phenoxy) is 3. The quantitative estimate of drug-likeness (QED) is 0.568. The maximum absolute atomic E-state index is 11.8. The number of rotatable bonds is 7. The first-order valence-electron chi connectivity index (χ1n) is 7.50. The number of nitrogens with zero attached hydrogens (tertiary/aromatic N) is 1. The van der Waals surface area contributed by atoms with Crippen molar-refractivity contribution < 1.29 is 19.0 Å². The largest absolute Gasteiger partial charge is 0.493 e. The van der Waals surface area contributed by atoms with Crippen LogP contribution in [0.2, 0.25) is 0 Å². The fourth-order valence-electron chi connectivity index (χ4n) is 2.27. The maximum atomic E-state index is 11.8. The summed E-state index contributed by atoms with van der Waals surface area (Å²) in [5.41, 5.74) is 0.491. The number of halogens is 1. The maximum Gasteiger partial charge on any atom is 0.341 e. The van der Waals surface area contributed by atoms with Gasteiger partial charge in [-0.15, -0.1) is 12.4 Å². The molecule has 0 atom stereocenters. The summed E-state index contributed by atoms with van der Waals surface area (Å²) < 4.78 is 16.1. The Morgan fingerprint density at radius 1 is 1.27 bits per heavy atom. The van der Waals surface area contributed by atoms with E-state index >= 15 is 0 Å². The second-order valence-electron chi connectivity index (χ2n) is 4.87. The Labute approximate surface area is 137 Å². The minimum atomic E-state index is -0.332. The van der Waals surface area contributed by atoms with Crippen LogP contribution in [0, 0.1) is 0 Å². The van der Waals surface area contributed by atoms with E-state index in [1.807, 2.05) is 12.1 Å². The van der Waals surface area contributed by atoms with Gasteiger partial charge in [-0.3, -0.25) is 4.90 Å². The molecular weight excluding hydrogens is 306 g/mol. The van der Waals surface area contributed by atoms with Gasteiger partial charge in [0.05, 0.1) is 26.4 Å². The molecule has 0 amide bonds. The molecule has 1 heterocycles. The van der Waals surface area contributed by atoms with Gasteiger partial charge >= 0.3 is 5.97 Å². The van der Waals surface area contributed by atoms with Gasteiger partial charge in [0.1, 0.15) is 11.3 Å². The molecule has 1 aromatic rings. The van der Waals surface area contributed by atoms with E-state index in [1.165, 1.54) is 0 Å². The SMILES string of the molecule is CCOC(=O)c1ccccc1OCCCN1CCOCC1.Cl. The second-order valence-corrected chi connectivity index (χ2v) is 4.87. The van der Waals surface area contributed by atoms with Crippen LogP contribution in [0.4, 0.5) is 0 Å². The summed E-state index contributed by atoms with van der Waals surface area (Å²) in [5.74, 6) is 0.263. The molecule has 0 bridgehead atoms. The fraction of sp³-hybridized carbons (Fsp3) is 0.562. The zero-order valence-corrected chi connectivity index (χ0v) is 13.8. The highest BCUT2D eigenvalue weighted by atomic mass is 35.5. The van der Waals surface area contributed by atoms with Crippen molar-refractivity contribution in [3.05, 3.63) is 29.8 Å². The molecule has 1 aliphatic rings. The molecule has 5 nitrogen and oxygen atoms in total. The lowest BCUT2D eigenvalue weighted by Crippen LogP contribution is -2.37. The highest BCUT2D eigenvalue weighted by molar-refractivity contribution is 5.92. The van der Waals surface area contributed by atoms with E-state index in [0.29, 0.717) is 24.5 Å². The number of carbonyl (C=O) groups excluding carboxylic acids is 1. The average Bonchev–Trinajstić information content (AvgIpc) is 2.53. The molecule has 1 aliphatic heterocycles. The first kappa shape index (κ1) is 18.7. The van der Waals surface area contributed by atoms with Crippen LogP contribution in [0.15, 0.2) is 24.3 Å². The minimum absolute atomic E-state index is 0. The normalized spacial score (nSPS) is 15.0. The summed E-state index contributed by atoms with van der Waals surface area (Å²) in [6, 6.07) is 7.21. The van der Waals surface area contributed by atoms with Crippen LogP contribution in [0.5, 0.6) is 5.75 Å². The lowest BCUT2D eigenvalue weighted by atomic mass is 10.2. The standard InChI is InChI=1S/C16H23NO4.ClH/c1-2-20-16(18)14-6-3-4-7-15(14)21-11-5-8-17-9-12-19-13-10-17;/h3-4,6-7H,2,5,8-13H2,1H3;1H. The topological polar surface area (TPSA) is 48.0 Å². The Balaban J connectivity index is 0.00000242. The highest BCUT2D eigenvalue weighted by Gasteiger charge is 2.13. The van der Waals surface area contributed by atoms with Gasteiger partial charge in [-0.05, 0) is 25.5 Å². The first-order chi connectivity index (χ1) is 10.3. The first-order valence-corrected chi connectivity index (χ1v) is 7.50. The lowest BCUT2D eigenvalue weighted by molar-refractivity contribution is 0.0356. The van der Waals surface area contributed by atoms with Crippen molar-refractivity contribution in [3.63, 3.8) is 0 Å². The summed E-state index contributed by atoms with van der Waals surface area (Å²) in [6.07, 6.45) is 0.928. The number of morpholine rings is 1. The number of esters is 1. The molecule has 2 rings (SSSR count). The fourth-order valence-corrected chi connectivity index (χ4v) is 2.27. The van der Waals surface area contributed by atoms with Gasteiger partial charge in [-0.2, -0.15) is 0 Å².